The molecule has 8 heteroatoms. The van der Waals surface area contributed by atoms with Crippen molar-refractivity contribution in [1.82, 2.24) is 19.6 Å². The number of rotatable bonds is 6. The Labute approximate surface area is 117 Å². The van der Waals surface area contributed by atoms with Crippen molar-refractivity contribution in [1.29, 1.82) is 0 Å². The van der Waals surface area contributed by atoms with Crippen LogP contribution in [-0.4, -0.2) is 33.3 Å². The van der Waals surface area contributed by atoms with E-state index in [0.29, 0.717) is 12.5 Å². The van der Waals surface area contributed by atoms with Crippen molar-refractivity contribution in [2.75, 3.05) is 13.7 Å². The van der Waals surface area contributed by atoms with E-state index in [1.165, 1.54) is 29.4 Å². The van der Waals surface area contributed by atoms with Gasteiger partial charge in [-0.2, -0.15) is 4.37 Å². The molecule has 96 valence electrons. The summed E-state index contributed by atoms with van der Waals surface area (Å²) in [4.78, 5) is 4.44. The number of methoxy groups -OCH3 is 1. The van der Waals surface area contributed by atoms with Crippen LogP contribution in [0.4, 0.5) is 0 Å². The number of nitrogens with zero attached hydrogens (tertiary/aromatic N) is 4. The van der Waals surface area contributed by atoms with Crippen LogP contribution in [0.3, 0.4) is 0 Å². The molecule has 0 saturated heterocycles. The summed E-state index contributed by atoms with van der Waals surface area (Å²) in [5.41, 5.74) is 0. The number of hydrogen-bond donors (Lipinski definition) is 0. The minimum absolute atomic E-state index is 0.658. The number of aromatic nitrogens is 4. The van der Waals surface area contributed by atoms with Gasteiger partial charge in [0.05, 0.1) is 6.61 Å². The Morgan fingerprint density at radius 2 is 2.22 bits per heavy atom. The Hall–Kier alpha value is -0.570. The largest absolute Gasteiger partial charge is 0.384 e. The molecule has 1 aliphatic rings. The molecule has 0 bridgehead atoms. The van der Waals surface area contributed by atoms with Crippen molar-refractivity contribution in [3.8, 4) is 0 Å². The number of hydrogen-bond acceptors (Lipinski definition) is 8. The first-order valence-electron chi connectivity index (χ1n) is 5.68. The predicted octanol–water partition coefficient (Wildman–Crippen LogP) is 2.61. The first-order valence-corrected chi connectivity index (χ1v) is 8.08. The zero-order valence-corrected chi connectivity index (χ0v) is 12.3. The van der Waals surface area contributed by atoms with Gasteiger partial charge in [-0.25, -0.2) is 4.98 Å². The maximum atomic E-state index is 5.01. The van der Waals surface area contributed by atoms with Crippen LogP contribution in [-0.2, 0) is 11.2 Å². The molecule has 3 rings (SSSR count). The van der Waals surface area contributed by atoms with E-state index in [4.69, 9.17) is 4.74 Å². The molecular weight excluding hydrogens is 288 g/mol. The predicted molar refractivity (Wildman–Crippen MR) is 71.5 cm³/mol. The molecule has 2 aromatic heterocycles. The molecule has 0 atom stereocenters. The molecule has 5 nitrogen and oxygen atoms in total. The van der Waals surface area contributed by atoms with E-state index in [1.54, 1.807) is 30.2 Å². The molecule has 0 radical (unpaired) electrons. The van der Waals surface area contributed by atoms with E-state index < -0.39 is 0 Å². The summed E-state index contributed by atoms with van der Waals surface area (Å²) in [6, 6.07) is 0. The van der Waals surface area contributed by atoms with Gasteiger partial charge in [0.1, 0.15) is 10.8 Å². The summed E-state index contributed by atoms with van der Waals surface area (Å²) in [7, 11) is 1.68. The van der Waals surface area contributed by atoms with Crippen LogP contribution in [0.25, 0.3) is 0 Å². The highest BCUT2D eigenvalue weighted by Gasteiger charge is 2.27. The molecule has 0 aromatic carbocycles. The SMILES string of the molecule is COCCc1nsc(Sc2nnc(C3CC3)s2)n1. The summed E-state index contributed by atoms with van der Waals surface area (Å²) >= 11 is 4.65. The lowest BCUT2D eigenvalue weighted by Gasteiger charge is -1.91. The maximum absolute atomic E-state index is 5.01. The molecular formula is C10H12N4OS3. The first-order chi connectivity index (χ1) is 8.85. The Morgan fingerprint density at radius 1 is 1.33 bits per heavy atom. The van der Waals surface area contributed by atoms with Gasteiger partial charge in [-0.1, -0.05) is 11.3 Å². The lowest BCUT2D eigenvalue weighted by Crippen LogP contribution is -1.95. The average molecular weight is 300 g/mol. The minimum atomic E-state index is 0.658. The third-order valence-electron chi connectivity index (χ3n) is 2.50. The van der Waals surface area contributed by atoms with E-state index in [9.17, 15) is 0 Å². The normalized spacial score (nSPS) is 15.2. The van der Waals surface area contributed by atoms with Gasteiger partial charge in [0.2, 0.25) is 0 Å². The van der Waals surface area contributed by atoms with Crippen LogP contribution in [0, 0.1) is 0 Å². The van der Waals surface area contributed by atoms with E-state index in [0.717, 1.165) is 20.9 Å². The molecule has 2 heterocycles. The van der Waals surface area contributed by atoms with Crippen LogP contribution in [0.5, 0.6) is 0 Å². The molecule has 18 heavy (non-hydrogen) atoms. The van der Waals surface area contributed by atoms with Gasteiger partial charge in [-0.05, 0) is 36.1 Å². The Kier molecular flexibility index (Phi) is 3.88. The third-order valence-corrected chi connectivity index (χ3v) is 5.43. The summed E-state index contributed by atoms with van der Waals surface area (Å²) in [6.45, 7) is 0.658. The van der Waals surface area contributed by atoms with Gasteiger partial charge in [0.25, 0.3) is 0 Å². The Bertz CT molecular complexity index is 523. The second-order valence-corrected chi connectivity index (χ2v) is 7.26. The number of ether oxygens (including phenoxy) is 1. The minimum Gasteiger partial charge on any atom is -0.384 e. The highest BCUT2D eigenvalue weighted by Crippen LogP contribution is 2.43. The van der Waals surface area contributed by atoms with Crippen LogP contribution in [0.1, 0.15) is 29.6 Å². The van der Waals surface area contributed by atoms with Gasteiger partial charge < -0.3 is 4.74 Å². The van der Waals surface area contributed by atoms with Crippen LogP contribution in [0.15, 0.2) is 8.68 Å². The second-order valence-electron chi connectivity index (χ2n) is 4.00. The molecule has 0 aliphatic heterocycles. The van der Waals surface area contributed by atoms with Crippen molar-refractivity contribution in [2.24, 2.45) is 0 Å². The van der Waals surface area contributed by atoms with Gasteiger partial charge in [-0.15, -0.1) is 10.2 Å². The topological polar surface area (TPSA) is 60.8 Å². The quantitative estimate of drug-likeness (QED) is 0.817. The van der Waals surface area contributed by atoms with Crippen LogP contribution < -0.4 is 0 Å². The maximum Gasteiger partial charge on any atom is 0.181 e. The molecule has 0 amide bonds. The molecule has 2 aromatic rings. The van der Waals surface area contributed by atoms with E-state index >= 15 is 0 Å². The molecule has 0 N–H and O–H groups in total. The standard InChI is InChI=1S/C10H12N4OS3/c1-15-5-4-7-11-9(18-14-7)17-10-13-12-8(16-10)6-2-3-6/h6H,2-5H2,1H3. The average Bonchev–Trinajstić information content (AvgIpc) is 2.96. The monoisotopic (exact) mass is 300 g/mol. The van der Waals surface area contributed by atoms with Gasteiger partial charge >= 0.3 is 0 Å². The van der Waals surface area contributed by atoms with Crippen molar-refractivity contribution in [3.05, 3.63) is 10.8 Å². The van der Waals surface area contributed by atoms with Gasteiger partial charge in [-0.3, -0.25) is 0 Å². The second kappa shape index (κ2) is 5.60. The summed E-state index contributed by atoms with van der Waals surface area (Å²) in [5.74, 6) is 1.51. The fourth-order valence-electron chi connectivity index (χ4n) is 1.41. The Balaban J connectivity index is 1.62. The fourth-order valence-corrected chi connectivity index (χ4v) is 4.31. The lowest BCUT2D eigenvalue weighted by atomic mass is 10.4. The molecule has 1 fully saturated rings. The third kappa shape index (κ3) is 3.05. The molecule has 1 saturated carbocycles. The zero-order chi connectivity index (χ0) is 12.4. The molecule has 1 aliphatic carbocycles. The highest BCUT2D eigenvalue weighted by atomic mass is 32.2. The summed E-state index contributed by atoms with van der Waals surface area (Å²) in [5, 5.41) is 9.57. The van der Waals surface area contributed by atoms with Crippen LogP contribution in [0.2, 0.25) is 0 Å². The van der Waals surface area contributed by atoms with Crippen molar-refractivity contribution < 1.29 is 4.74 Å². The highest BCUT2D eigenvalue weighted by molar-refractivity contribution is 8.02. The van der Waals surface area contributed by atoms with E-state index in [-0.39, 0.29) is 0 Å². The molecule has 0 unspecified atom stereocenters. The van der Waals surface area contributed by atoms with Crippen LogP contribution >= 0.6 is 34.6 Å². The van der Waals surface area contributed by atoms with Gasteiger partial charge in [0.15, 0.2) is 8.68 Å². The van der Waals surface area contributed by atoms with Crippen molar-refractivity contribution in [2.45, 2.75) is 33.9 Å². The van der Waals surface area contributed by atoms with Gasteiger partial charge in [0, 0.05) is 19.4 Å². The Morgan fingerprint density at radius 3 is 3.00 bits per heavy atom. The molecule has 0 spiro atoms. The van der Waals surface area contributed by atoms with E-state index in [2.05, 4.69) is 19.6 Å². The summed E-state index contributed by atoms with van der Waals surface area (Å²) in [6.07, 6.45) is 3.29. The zero-order valence-electron chi connectivity index (χ0n) is 9.83. The summed E-state index contributed by atoms with van der Waals surface area (Å²) < 4.78 is 11.2. The smallest absolute Gasteiger partial charge is 0.181 e. The lowest BCUT2D eigenvalue weighted by molar-refractivity contribution is 0.200. The van der Waals surface area contributed by atoms with Crippen molar-refractivity contribution in [3.63, 3.8) is 0 Å². The fraction of sp³-hybridized carbons (Fsp3) is 0.600. The first kappa shape index (κ1) is 12.5. The van der Waals surface area contributed by atoms with E-state index in [1.807, 2.05) is 0 Å². The van der Waals surface area contributed by atoms with Crippen molar-refractivity contribution >= 4 is 34.6 Å².